The van der Waals surface area contributed by atoms with E-state index in [1.165, 1.54) is 12.1 Å². The highest BCUT2D eigenvalue weighted by atomic mass is 32.2. The van der Waals surface area contributed by atoms with Gasteiger partial charge in [-0.2, -0.15) is 0 Å². The summed E-state index contributed by atoms with van der Waals surface area (Å²) < 4.78 is 32.0. The monoisotopic (exact) mass is 315 g/mol. The molecule has 0 saturated heterocycles. The van der Waals surface area contributed by atoms with Crippen LogP contribution in [-0.2, 0) is 16.6 Å². The van der Waals surface area contributed by atoms with Gasteiger partial charge in [-0.15, -0.1) is 11.3 Å². The topological polar surface area (TPSA) is 79.5 Å². The smallest absolute Gasteiger partial charge is 0.274 e. The number of aryl methyl sites for hydroxylation is 2. The van der Waals surface area contributed by atoms with Gasteiger partial charge in [-0.3, -0.25) is 0 Å². The number of rotatable bonds is 5. The van der Waals surface area contributed by atoms with Gasteiger partial charge in [0.05, 0.1) is 0 Å². The Bertz CT molecular complexity index is 700. The molecule has 0 amide bonds. The molecule has 0 aliphatic carbocycles. The minimum absolute atomic E-state index is 0.182. The van der Waals surface area contributed by atoms with Crippen molar-refractivity contribution < 1.29 is 17.9 Å². The summed E-state index contributed by atoms with van der Waals surface area (Å²) in [5.74, 6) is 0.223. The second kappa shape index (κ2) is 5.69. The molecule has 7 heteroatoms. The number of furan rings is 1. The summed E-state index contributed by atoms with van der Waals surface area (Å²) in [5, 5.41) is 8.73. The molecule has 2 rings (SSSR count). The van der Waals surface area contributed by atoms with E-state index < -0.39 is 10.0 Å². The third-order valence-corrected chi connectivity index (χ3v) is 5.33. The van der Waals surface area contributed by atoms with E-state index in [1.54, 1.807) is 18.3 Å². The van der Waals surface area contributed by atoms with E-state index in [-0.39, 0.29) is 23.5 Å². The number of hydrogen-bond acceptors (Lipinski definition) is 5. The van der Waals surface area contributed by atoms with Crippen molar-refractivity contribution in [1.82, 2.24) is 4.72 Å². The van der Waals surface area contributed by atoms with Gasteiger partial charge in [0.25, 0.3) is 10.0 Å². The van der Waals surface area contributed by atoms with Crippen LogP contribution in [0.3, 0.4) is 0 Å². The molecule has 0 fully saturated rings. The van der Waals surface area contributed by atoms with E-state index in [2.05, 4.69) is 4.72 Å². The highest BCUT2D eigenvalue weighted by Crippen LogP contribution is 2.27. The zero-order valence-corrected chi connectivity index (χ0v) is 13.1. The van der Waals surface area contributed by atoms with Crippen molar-refractivity contribution in [3.63, 3.8) is 0 Å². The quantitative estimate of drug-likeness (QED) is 0.888. The molecule has 2 heterocycles. The largest absolute Gasteiger partial charge is 0.446 e. The summed E-state index contributed by atoms with van der Waals surface area (Å²) in [6, 6.07) is 4.42. The predicted octanol–water partition coefficient (Wildman–Crippen LogP) is 2.49. The lowest BCUT2D eigenvalue weighted by Gasteiger charge is -2.12. The van der Waals surface area contributed by atoms with Gasteiger partial charge in [0, 0.05) is 15.8 Å². The maximum atomic E-state index is 12.2. The molecule has 0 bridgehead atoms. The number of nitrogens with one attached hydrogen (secondary N) is 1. The van der Waals surface area contributed by atoms with Crippen molar-refractivity contribution in [2.45, 2.75) is 38.5 Å². The lowest BCUT2D eigenvalue weighted by Crippen LogP contribution is -2.26. The normalized spacial score (nSPS) is 13.6. The lowest BCUT2D eigenvalue weighted by molar-refractivity contribution is 0.236. The van der Waals surface area contributed by atoms with E-state index in [1.807, 2.05) is 19.9 Å². The van der Waals surface area contributed by atoms with Crippen LogP contribution in [-0.4, -0.2) is 13.5 Å². The minimum Gasteiger partial charge on any atom is -0.446 e. The second-order valence-electron chi connectivity index (χ2n) is 4.59. The molecular weight excluding hydrogens is 298 g/mol. The van der Waals surface area contributed by atoms with Crippen LogP contribution in [0.5, 0.6) is 0 Å². The van der Waals surface area contributed by atoms with Crippen molar-refractivity contribution in [2.75, 3.05) is 0 Å². The molecule has 0 aliphatic heterocycles. The first-order chi connectivity index (χ1) is 9.33. The van der Waals surface area contributed by atoms with Crippen molar-refractivity contribution >= 4 is 21.4 Å². The molecule has 0 saturated carbocycles. The number of aliphatic hydroxyl groups excluding tert-OH is 1. The van der Waals surface area contributed by atoms with Crippen LogP contribution < -0.4 is 4.72 Å². The Morgan fingerprint density at radius 3 is 2.60 bits per heavy atom. The van der Waals surface area contributed by atoms with Crippen LogP contribution in [0.4, 0.5) is 0 Å². The Balaban J connectivity index is 2.21. The number of hydrogen-bond donors (Lipinski definition) is 2. The molecule has 0 radical (unpaired) electrons. The molecule has 0 spiro atoms. The van der Waals surface area contributed by atoms with Crippen molar-refractivity contribution in [2.24, 2.45) is 0 Å². The zero-order chi connectivity index (χ0) is 14.9. The van der Waals surface area contributed by atoms with Crippen molar-refractivity contribution in [1.29, 1.82) is 0 Å². The average Bonchev–Trinajstić information content (AvgIpc) is 2.95. The SMILES string of the molecule is Cc1cc(C(C)NS(=O)(=O)c2ccc(CO)o2)c(C)s1. The highest BCUT2D eigenvalue weighted by Gasteiger charge is 2.23. The van der Waals surface area contributed by atoms with Gasteiger partial charge >= 0.3 is 0 Å². The first-order valence-corrected chi connectivity index (χ1v) is 8.42. The summed E-state index contributed by atoms with van der Waals surface area (Å²) in [6.07, 6.45) is 0. The van der Waals surface area contributed by atoms with Gasteiger partial charge in [-0.05, 0) is 44.5 Å². The number of thiophene rings is 1. The van der Waals surface area contributed by atoms with E-state index in [9.17, 15) is 8.42 Å². The number of aliphatic hydroxyl groups is 1. The van der Waals surface area contributed by atoms with Gasteiger partial charge in [0.1, 0.15) is 12.4 Å². The van der Waals surface area contributed by atoms with Crippen LogP contribution >= 0.6 is 11.3 Å². The summed E-state index contributed by atoms with van der Waals surface area (Å²) >= 11 is 1.64. The summed E-state index contributed by atoms with van der Waals surface area (Å²) in [4.78, 5) is 2.23. The first-order valence-electron chi connectivity index (χ1n) is 6.12. The zero-order valence-electron chi connectivity index (χ0n) is 11.5. The van der Waals surface area contributed by atoms with Crippen molar-refractivity contribution in [3.8, 4) is 0 Å². The Hall–Kier alpha value is -1.15. The molecule has 1 unspecified atom stereocenters. The predicted molar refractivity (Wildman–Crippen MR) is 77.2 cm³/mol. The van der Waals surface area contributed by atoms with Crippen LogP contribution in [0.15, 0.2) is 27.7 Å². The van der Waals surface area contributed by atoms with E-state index in [0.29, 0.717) is 0 Å². The lowest BCUT2D eigenvalue weighted by atomic mass is 10.1. The summed E-state index contributed by atoms with van der Waals surface area (Å²) in [5.41, 5.74) is 0.963. The average molecular weight is 315 g/mol. The molecular formula is C13H17NO4S2. The third-order valence-electron chi connectivity index (χ3n) is 2.94. The van der Waals surface area contributed by atoms with Crippen LogP contribution in [0.25, 0.3) is 0 Å². The van der Waals surface area contributed by atoms with Crippen LogP contribution in [0, 0.1) is 13.8 Å². The Kier molecular flexibility index (Phi) is 4.33. The van der Waals surface area contributed by atoms with E-state index in [4.69, 9.17) is 9.52 Å². The molecule has 0 aliphatic rings. The molecule has 2 aromatic heterocycles. The Morgan fingerprint density at radius 2 is 2.10 bits per heavy atom. The molecule has 2 aromatic rings. The van der Waals surface area contributed by atoms with Gasteiger partial charge in [0.2, 0.25) is 5.09 Å². The third kappa shape index (κ3) is 3.12. The molecule has 20 heavy (non-hydrogen) atoms. The minimum atomic E-state index is -3.73. The maximum absolute atomic E-state index is 12.2. The van der Waals surface area contributed by atoms with Crippen LogP contribution in [0.1, 0.15) is 34.0 Å². The van der Waals surface area contributed by atoms with Gasteiger partial charge in [-0.1, -0.05) is 0 Å². The highest BCUT2D eigenvalue weighted by molar-refractivity contribution is 7.89. The molecule has 2 N–H and O–H groups in total. The number of sulfonamides is 1. The summed E-state index contributed by atoms with van der Waals surface area (Å²) in [6.45, 7) is 5.42. The molecule has 5 nitrogen and oxygen atoms in total. The van der Waals surface area contributed by atoms with Gasteiger partial charge in [0.15, 0.2) is 0 Å². The second-order valence-corrected chi connectivity index (χ2v) is 7.70. The summed E-state index contributed by atoms with van der Waals surface area (Å²) in [7, 11) is -3.73. The molecule has 0 aromatic carbocycles. The maximum Gasteiger partial charge on any atom is 0.274 e. The molecule has 110 valence electrons. The Labute approximate surface area is 122 Å². The van der Waals surface area contributed by atoms with Crippen LogP contribution in [0.2, 0.25) is 0 Å². The van der Waals surface area contributed by atoms with Crippen molar-refractivity contribution in [3.05, 3.63) is 39.3 Å². The van der Waals surface area contributed by atoms with Gasteiger partial charge < -0.3 is 9.52 Å². The van der Waals surface area contributed by atoms with E-state index >= 15 is 0 Å². The Morgan fingerprint density at radius 1 is 1.40 bits per heavy atom. The molecule has 1 atom stereocenters. The standard InChI is InChI=1S/C13H17NO4S2/c1-8-6-12(10(3)19-8)9(2)14-20(16,17)13-5-4-11(7-15)18-13/h4-6,9,14-15H,7H2,1-3H3. The van der Waals surface area contributed by atoms with E-state index in [0.717, 1.165) is 15.3 Å². The fourth-order valence-corrected chi connectivity index (χ4v) is 4.22. The fourth-order valence-electron chi connectivity index (χ4n) is 2.02. The van der Waals surface area contributed by atoms with Gasteiger partial charge in [-0.25, -0.2) is 13.1 Å². The first kappa shape index (κ1) is 15.2. The fraction of sp³-hybridized carbons (Fsp3) is 0.385.